The molecule has 0 aromatic heterocycles. The molecule has 0 spiro atoms. The fraction of sp³-hybridized carbons (Fsp3) is 0.909. The molecule has 0 aromatic carbocycles. The van der Waals surface area contributed by atoms with Crippen molar-refractivity contribution in [2.45, 2.75) is 33.1 Å². The zero-order valence-corrected chi connectivity index (χ0v) is 8.79. The van der Waals surface area contributed by atoms with E-state index in [0.29, 0.717) is 6.42 Å². The molecule has 0 N–H and O–H groups in total. The highest BCUT2D eigenvalue weighted by Crippen LogP contribution is 2.23. The van der Waals surface area contributed by atoms with E-state index in [0.717, 1.165) is 18.4 Å². The van der Waals surface area contributed by atoms with Gasteiger partial charge in [0, 0.05) is 19.5 Å². The van der Waals surface area contributed by atoms with E-state index in [-0.39, 0.29) is 0 Å². The second-order valence-corrected chi connectivity index (χ2v) is 4.36. The molecular formula is C11H20N2. The summed E-state index contributed by atoms with van der Waals surface area (Å²) in [5.41, 5.74) is 0. The fourth-order valence-corrected chi connectivity index (χ4v) is 2.05. The van der Waals surface area contributed by atoms with Gasteiger partial charge in [0.25, 0.3) is 0 Å². The summed E-state index contributed by atoms with van der Waals surface area (Å²) in [6.45, 7) is 7.99. The zero-order valence-electron chi connectivity index (χ0n) is 8.79. The number of nitriles is 1. The van der Waals surface area contributed by atoms with Crippen LogP contribution in [0.5, 0.6) is 0 Å². The molecule has 74 valence electrons. The summed E-state index contributed by atoms with van der Waals surface area (Å²) in [5.74, 6) is 1.65. The van der Waals surface area contributed by atoms with Crippen molar-refractivity contribution in [2.24, 2.45) is 11.8 Å². The molecule has 0 aliphatic carbocycles. The number of nitrogens with zero attached hydrogens (tertiary/aromatic N) is 2. The van der Waals surface area contributed by atoms with Gasteiger partial charge in [-0.1, -0.05) is 13.8 Å². The van der Waals surface area contributed by atoms with E-state index in [9.17, 15) is 0 Å². The van der Waals surface area contributed by atoms with Gasteiger partial charge in [0.05, 0.1) is 6.07 Å². The average molecular weight is 180 g/mol. The molecule has 1 rings (SSSR count). The lowest BCUT2D eigenvalue weighted by Gasteiger charge is -2.34. The van der Waals surface area contributed by atoms with Gasteiger partial charge in [-0.05, 0) is 31.2 Å². The van der Waals surface area contributed by atoms with Crippen LogP contribution in [0, 0.1) is 23.2 Å². The quantitative estimate of drug-likeness (QED) is 0.666. The van der Waals surface area contributed by atoms with E-state index in [4.69, 9.17) is 5.26 Å². The number of hydrogen-bond acceptors (Lipinski definition) is 2. The summed E-state index contributed by atoms with van der Waals surface area (Å²) in [5, 5.41) is 8.50. The lowest BCUT2D eigenvalue weighted by atomic mass is 9.88. The number of rotatable bonds is 3. The topological polar surface area (TPSA) is 27.0 Å². The predicted molar refractivity (Wildman–Crippen MR) is 54.2 cm³/mol. The Morgan fingerprint density at radius 2 is 2.31 bits per heavy atom. The minimum Gasteiger partial charge on any atom is -0.302 e. The van der Waals surface area contributed by atoms with E-state index in [1.54, 1.807) is 0 Å². The standard InChI is InChI=1S/C11H20N2/c1-10(2)11-5-3-7-13(9-11)8-4-6-12/h10-11H,3-5,7-9H2,1-2H3/t11-/m0/s1. The van der Waals surface area contributed by atoms with Crippen LogP contribution in [0.15, 0.2) is 0 Å². The lowest BCUT2D eigenvalue weighted by Crippen LogP contribution is -2.37. The van der Waals surface area contributed by atoms with Crippen LogP contribution in [-0.2, 0) is 0 Å². The SMILES string of the molecule is CC(C)[C@H]1CCCN(CCC#N)C1. The molecule has 1 fully saturated rings. The van der Waals surface area contributed by atoms with Crippen molar-refractivity contribution in [1.82, 2.24) is 4.90 Å². The largest absolute Gasteiger partial charge is 0.302 e. The Hall–Kier alpha value is -0.550. The maximum absolute atomic E-state index is 8.50. The molecule has 0 aromatic rings. The molecule has 0 amide bonds. The van der Waals surface area contributed by atoms with E-state index in [2.05, 4.69) is 24.8 Å². The molecule has 0 bridgehead atoms. The molecule has 13 heavy (non-hydrogen) atoms. The first-order valence-electron chi connectivity index (χ1n) is 5.33. The molecule has 2 nitrogen and oxygen atoms in total. The normalized spacial score (nSPS) is 24.6. The molecular weight excluding hydrogens is 160 g/mol. The maximum Gasteiger partial charge on any atom is 0.0635 e. The van der Waals surface area contributed by atoms with Gasteiger partial charge in [-0.2, -0.15) is 5.26 Å². The summed E-state index contributed by atoms with van der Waals surface area (Å²) in [7, 11) is 0. The zero-order chi connectivity index (χ0) is 9.68. The molecule has 1 heterocycles. The Balaban J connectivity index is 2.29. The van der Waals surface area contributed by atoms with Gasteiger partial charge in [-0.25, -0.2) is 0 Å². The molecule has 1 atom stereocenters. The van der Waals surface area contributed by atoms with Crippen LogP contribution in [0.2, 0.25) is 0 Å². The second-order valence-electron chi connectivity index (χ2n) is 4.36. The summed E-state index contributed by atoms with van der Waals surface area (Å²) < 4.78 is 0. The molecule has 2 heteroatoms. The summed E-state index contributed by atoms with van der Waals surface area (Å²) in [6.07, 6.45) is 3.37. The van der Waals surface area contributed by atoms with Crippen LogP contribution in [0.3, 0.4) is 0 Å². The van der Waals surface area contributed by atoms with Crippen molar-refractivity contribution in [3.8, 4) is 6.07 Å². The van der Waals surface area contributed by atoms with Crippen LogP contribution in [-0.4, -0.2) is 24.5 Å². The smallest absolute Gasteiger partial charge is 0.0635 e. The molecule has 0 saturated carbocycles. The highest BCUT2D eigenvalue weighted by molar-refractivity contribution is 4.78. The number of piperidine rings is 1. The van der Waals surface area contributed by atoms with Crippen molar-refractivity contribution in [2.75, 3.05) is 19.6 Å². The summed E-state index contributed by atoms with van der Waals surface area (Å²) >= 11 is 0. The highest BCUT2D eigenvalue weighted by atomic mass is 15.1. The second kappa shape index (κ2) is 5.24. The molecule has 1 saturated heterocycles. The minimum absolute atomic E-state index is 0.685. The lowest BCUT2D eigenvalue weighted by molar-refractivity contribution is 0.148. The highest BCUT2D eigenvalue weighted by Gasteiger charge is 2.21. The maximum atomic E-state index is 8.50. The Morgan fingerprint density at radius 1 is 1.54 bits per heavy atom. The Labute approximate surface area is 81.5 Å². The van der Waals surface area contributed by atoms with Gasteiger partial charge in [0.2, 0.25) is 0 Å². The first kappa shape index (κ1) is 10.5. The van der Waals surface area contributed by atoms with Crippen LogP contribution in [0.4, 0.5) is 0 Å². The molecule has 1 aliphatic heterocycles. The van der Waals surface area contributed by atoms with E-state index in [1.807, 2.05) is 0 Å². The van der Waals surface area contributed by atoms with Crippen molar-refractivity contribution in [3.63, 3.8) is 0 Å². The van der Waals surface area contributed by atoms with Gasteiger partial charge in [-0.15, -0.1) is 0 Å². The van der Waals surface area contributed by atoms with Crippen LogP contribution in [0.1, 0.15) is 33.1 Å². The third kappa shape index (κ3) is 3.36. The molecule has 0 unspecified atom stereocenters. The minimum atomic E-state index is 0.685. The number of likely N-dealkylation sites (tertiary alicyclic amines) is 1. The molecule has 1 aliphatic rings. The Morgan fingerprint density at radius 3 is 2.92 bits per heavy atom. The van der Waals surface area contributed by atoms with Gasteiger partial charge in [0.1, 0.15) is 0 Å². The van der Waals surface area contributed by atoms with E-state index >= 15 is 0 Å². The third-order valence-corrected chi connectivity index (χ3v) is 3.02. The van der Waals surface area contributed by atoms with Crippen molar-refractivity contribution in [3.05, 3.63) is 0 Å². The summed E-state index contributed by atoms with van der Waals surface area (Å²) in [6, 6.07) is 2.22. The fourth-order valence-electron chi connectivity index (χ4n) is 2.05. The van der Waals surface area contributed by atoms with Gasteiger partial charge in [0.15, 0.2) is 0 Å². The monoisotopic (exact) mass is 180 g/mol. The van der Waals surface area contributed by atoms with Crippen molar-refractivity contribution < 1.29 is 0 Å². The number of hydrogen-bond donors (Lipinski definition) is 0. The van der Waals surface area contributed by atoms with Crippen molar-refractivity contribution in [1.29, 1.82) is 5.26 Å². The average Bonchev–Trinajstić information content (AvgIpc) is 2.15. The van der Waals surface area contributed by atoms with Gasteiger partial charge < -0.3 is 4.90 Å². The molecule has 0 radical (unpaired) electrons. The third-order valence-electron chi connectivity index (χ3n) is 3.02. The van der Waals surface area contributed by atoms with Crippen molar-refractivity contribution >= 4 is 0 Å². The first-order valence-corrected chi connectivity index (χ1v) is 5.33. The van der Waals surface area contributed by atoms with E-state index < -0.39 is 0 Å². The predicted octanol–water partition coefficient (Wildman–Crippen LogP) is 2.27. The van der Waals surface area contributed by atoms with Crippen LogP contribution in [0.25, 0.3) is 0 Å². The van der Waals surface area contributed by atoms with Crippen LogP contribution >= 0.6 is 0 Å². The first-order chi connectivity index (χ1) is 6.24. The van der Waals surface area contributed by atoms with Crippen LogP contribution < -0.4 is 0 Å². The van der Waals surface area contributed by atoms with Gasteiger partial charge >= 0.3 is 0 Å². The summed E-state index contributed by atoms with van der Waals surface area (Å²) in [4.78, 5) is 2.44. The van der Waals surface area contributed by atoms with Gasteiger partial charge in [-0.3, -0.25) is 0 Å². The Kier molecular flexibility index (Phi) is 4.24. The van der Waals surface area contributed by atoms with E-state index in [1.165, 1.54) is 25.9 Å². The Bertz CT molecular complexity index is 181.